The van der Waals surface area contributed by atoms with Crippen molar-refractivity contribution in [3.63, 3.8) is 0 Å². The van der Waals surface area contributed by atoms with E-state index in [0.717, 1.165) is 43.2 Å². The van der Waals surface area contributed by atoms with Crippen LogP contribution in [0.2, 0.25) is 0 Å². The second-order valence-electron chi connectivity index (χ2n) is 7.61. The summed E-state index contributed by atoms with van der Waals surface area (Å²) in [6.07, 6.45) is 4.84. The van der Waals surface area contributed by atoms with Gasteiger partial charge in [0.2, 0.25) is 0 Å². The molecule has 5 heteroatoms. The highest BCUT2D eigenvalue weighted by Crippen LogP contribution is 2.31. The summed E-state index contributed by atoms with van der Waals surface area (Å²) < 4.78 is 7.64. The number of methoxy groups -OCH3 is 1. The molecule has 2 heterocycles. The number of nitrogens with one attached hydrogen (secondary N) is 1. The zero-order chi connectivity index (χ0) is 19.9. The van der Waals surface area contributed by atoms with Crippen LogP contribution in [-0.4, -0.2) is 48.0 Å². The highest BCUT2D eigenvalue weighted by atomic mass is 16.5. The summed E-state index contributed by atoms with van der Waals surface area (Å²) in [4.78, 5) is 2.53. The molecule has 0 aliphatic carbocycles. The smallest absolute Gasteiger partial charge is 0.128 e. The number of rotatable bonds is 9. The Labute approximate surface area is 173 Å². The predicted octanol–water partition coefficient (Wildman–Crippen LogP) is 3.79. The van der Waals surface area contributed by atoms with Crippen molar-refractivity contribution in [2.75, 3.05) is 33.3 Å². The Morgan fingerprint density at radius 2 is 1.76 bits per heavy atom. The maximum atomic E-state index is 5.60. The first-order valence-corrected chi connectivity index (χ1v) is 10.5. The first-order valence-electron chi connectivity index (χ1n) is 10.5. The van der Waals surface area contributed by atoms with Crippen LogP contribution >= 0.6 is 0 Å². The van der Waals surface area contributed by atoms with Crippen molar-refractivity contribution in [3.05, 3.63) is 71.9 Å². The molecule has 3 aromatic rings. The molecule has 1 N–H and O–H groups in total. The van der Waals surface area contributed by atoms with Gasteiger partial charge in [-0.05, 0) is 43.6 Å². The van der Waals surface area contributed by atoms with Crippen LogP contribution < -0.4 is 10.1 Å². The molecule has 1 aliphatic rings. The summed E-state index contributed by atoms with van der Waals surface area (Å²) >= 11 is 0. The molecular formula is C24H30N4O. The fraction of sp³-hybridized carbons (Fsp3) is 0.375. The summed E-state index contributed by atoms with van der Waals surface area (Å²) in [7, 11) is 1.72. The van der Waals surface area contributed by atoms with Crippen molar-refractivity contribution >= 4 is 0 Å². The molecule has 152 valence electrons. The monoisotopic (exact) mass is 390 g/mol. The van der Waals surface area contributed by atoms with E-state index in [4.69, 9.17) is 9.84 Å². The fourth-order valence-corrected chi connectivity index (χ4v) is 3.98. The predicted molar refractivity (Wildman–Crippen MR) is 117 cm³/mol. The first kappa shape index (κ1) is 19.7. The van der Waals surface area contributed by atoms with Gasteiger partial charge in [0.15, 0.2) is 0 Å². The molecule has 0 unspecified atom stereocenters. The van der Waals surface area contributed by atoms with E-state index in [9.17, 15) is 0 Å². The second kappa shape index (κ2) is 9.72. The molecule has 0 saturated carbocycles. The minimum Gasteiger partial charge on any atom is -0.496 e. The van der Waals surface area contributed by atoms with E-state index in [1.165, 1.54) is 37.1 Å². The van der Waals surface area contributed by atoms with Gasteiger partial charge in [-0.15, -0.1) is 0 Å². The quantitative estimate of drug-likeness (QED) is 0.565. The van der Waals surface area contributed by atoms with Crippen molar-refractivity contribution in [3.8, 4) is 17.0 Å². The molecule has 2 aromatic carbocycles. The van der Waals surface area contributed by atoms with Crippen molar-refractivity contribution < 1.29 is 4.74 Å². The molecular weight excluding hydrogens is 360 g/mol. The molecule has 29 heavy (non-hydrogen) atoms. The summed E-state index contributed by atoms with van der Waals surface area (Å²) in [5.41, 5.74) is 4.48. The number of aromatic nitrogens is 2. The molecule has 0 atom stereocenters. The lowest BCUT2D eigenvalue weighted by molar-refractivity contribution is 0.335. The molecule has 1 aromatic heterocycles. The van der Waals surface area contributed by atoms with E-state index in [2.05, 4.69) is 46.7 Å². The Bertz CT molecular complexity index is 900. The van der Waals surface area contributed by atoms with Crippen LogP contribution in [0, 0.1) is 0 Å². The van der Waals surface area contributed by atoms with Gasteiger partial charge >= 0.3 is 0 Å². The average Bonchev–Trinajstić information content (AvgIpc) is 3.42. The summed E-state index contributed by atoms with van der Waals surface area (Å²) in [6.45, 7) is 6.15. The number of hydrogen-bond donors (Lipinski definition) is 1. The van der Waals surface area contributed by atoms with Gasteiger partial charge in [0.1, 0.15) is 11.4 Å². The van der Waals surface area contributed by atoms with Crippen LogP contribution in [0.15, 0.2) is 60.8 Å². The van der Waals surface area contributed by atoms with Crippen LogP contribution in [-0.2, 0) is 13.1 Å². The topological polar surface area (TPSA) is 42.3 Å². The van der Waals surface area contributed by atoms with Gasteiger partial charge < -0.3 is 15.0 Å². The zero-order valence-electron chi connectivity index (χ0n) is 17.2. The fourth-order valence-electron chi connectivity index (χ4n) is 3.98. The van der Waals surface area contributed by atoms with Gasteiger partial charge in [-0.25, -0.2) is 0 Å². The van der Waals surface area contributed by atoms with E-state index in [0.29, 0.717) is 0 Å². The Morgan fingerprint density at radius 1 is 1.00 bits per heavy atom. The third-order valence-corrected chi connectivity index (χ3v) is 5.51. The van der Waals surface area contributed by atoms with Gasteiger partial charge in [-0.1, -0.05) is 42.5 Å². The Morgan fingerprint density at radius 3 is 2.55 bits per heavy atom. The third-order valence-electron chi connectivity index (χ3n) is 5.51. The number of hydrogen-bond acceptors (Lipinski definition) is 4. The Hall–Kier alpha value is -2.63. The lowest BCUT2D eigenvalue weighted by Crippen LogP contribution is -2.29. The van der Waals surface area contributed by atoms with Gasteiger partial charge in [0, 0.05) is 37.0 Å². The van der Waals surface area contributed by atoms with Gasteiger partial charge in [-0.2, -0.15) is 5.10 Å². The van der Waals surface area contributed by atoms with Gasteiger partial charge in [0.05, 0.1) is 13.7 Å². The molecule has 0 amide bonds. The van der Waals surface area contributed by atoms with E-state index in [1.54, 1.807) is 7.11 Å². The number of likely N-dealkylation sites (tertiary alicyclic amines) is 1. The molecule has 0 spiro atoms. The molecule has 1 aliphatic heterocycles. The third kappa shape index (κ3) is 5.05. The zero-order valence-corrected chi connectivity index (χ0v) is 17.2. The SMILES string of the molecule is COc1ccccc1-c1nn(Cc2ccccc2)cc1CNCCN1CCCC1. The van der Waals surface area contributed by atoms with E-state index >= 15 is 0 Å². The van der Waals surface area contributed by atoms with Crippen LogP contribution in [0.5, 0.6) is 5.75 Å². The van der Waals surface area contributed by atoms with Crippen LogP contribution in [0.4, 0.5) is 0 Å². The van der Waals surface area contributed by atoms with Crippen molar-refractivity contribution in [1.29, 1.82) is 0 Å². The number of nitrogens with zero attached hydrogens (tertiary/aromatic N) is 3. The van der Waals surface area contributed by atoms with E-state index < -0.39 is 0 Å². The maximum absolute atomic E-state index is 5.60. The van der Waals surface area contributed by atoms with Gasteiger partial charge in [-0.3, -0.25) is 4.68 Å². The maximum Gasteiger partial charge on any atom is 0.128 e. The highest BCUT2D eigenvalue weighted by Gasteiger charge is 2.16. The first-order chi connectivity index (χ1) is 14.3. The summed E-state index contributed by atoms with van der Waals surface area (Å²) in [5.74, 6) is 0.857. The average molecular weight is 391 g/mol. The molecule has 5 nitrogen and oxygen atoms in total. The summed E-state index contributed by atoms with van der Waals surface area (Å²) in [6, 6.07) is 18.6. The minimum atomic E-state index is 0.761. The second-order valence-corrected chi connectivity index (χ2v) is 7.61. The Balaban J connectivity index is 1.52. The Kier molecular flexibility index (Phi) is 6.60. The molecule has 0 bridgehead atoms. The van der Waals surface area contributed by atoms with Crippen LogP contribution in [0.25, 0.3) is 11.3 Å². The normalized spacial score (nSPS) is 14.4. The number of benzene rings is 2. The van der Waals surface area contributed by atoms with Crippen LogP contribution in [0.1, 0.15) is 24.0 Å². The molecule has 1 saturated heterocycles. The van der Waals surface area contributed by atoms with E-state index in [-0.39, 0.29) is 0 Å². The molecule has 4 rings (SSSR count). The number of ether oxygens (including phenoxy) is 1. The van der Waals surface area contributed by atoms with Crippen LogP contribution in [0.3, 0.4) is 0 Å². The van der Waals surface area contributed by atoms with Crippen molar-refractivity contribution in [2.45, 2.75) is 25.9 Å². The minimum absolute atomic E-state index is 0.761. The molecule has 0 radical (unpaired) electrons. The van der Waals surface area contributed by atoms with E-state index in [1.807, 2.05) is 28.9 Å². The highest BCUT2D eigenvalue weighted by molar-refractivity contribution is 5.69. The number of para-hydroxylation sites is 1. The van der Waals surface area contributed by atoms with Gasteiger partial charge in [0.25, 0.3) is 0 Å². The summed E-state index contributed by atoms with van der Waals surface area (Å²) in [5, 5.41) is 8.54. The largest absolute Gasteiger partial charge is 0.496 e. The van der Waals surface area contributed by atoms with Crippen molar-refractivity contribution in [1.82, 2.24) is 20.0 Å². The lowest BCUT2D eigenvalue weighted by Gasteiger charge is -2.14. The lowest BCUT2D eigenvalue weighted by atomic mass is 10.1. The standard InChI is InChI=1S/C24H30N4O/c1-29-23-12-6-5-11-22(23)24-21(17-25-13-16-27-14-7-8-15-27)19-28(26-24)18-20-9-3-2-4-10-20/h2-6,9-12,19,25H,7-8,13-18H2,1H3. The molecule has 1 fully saturated rings. The van der Waals surface area contributed by atoms with Crippen molar-refractivity contribution in [2.24, 2.45) is 0 Å².